The van der Waals surface area contributed by atoms with Crippen molar-refractivity contribution in [3.05, 3.63) is 17.0 Å². The average molecular weight is 320 g/mol. The monoisotopic (exact) mass is 320 g/mol. The number of fused-ring (bicyclic) bond motifs is 1. The molecule has 0 bridgehead atoms. The Morgan fingerprint density at radius 1 is 1.43 bits per heavy atom. The first-order chi connectivity index (χ1) is 10.8. The van der Waals surface area contributed by atoms with Crippen LogP contribution in [-0.2, 0) is 27.7 Å². The maximum Gasteiger partial charge on any atom is 0.306 e. The van der Waals surface area contributed by atoms with E-state index in [2.05, 4.69) is 18.9 Å². The normalized spacial score (nSPS) is 28.8. The van der Waals surface area contributed by atoms with Crippen LogP contribution in [0.2, 0.25) is 0 Å². The molecule has 5 nitrogen and oxygen atoms in total. The van der Waals surface area contributed by atoms with Crippen molar-refractivity contribution < 1.29 is 14.3 Å². The molecule has 5 heteroatoms. The van der Waals surface area contributed by atoms with Crippen molar-refractivity contribution in [1.82, 2.24) is 9.78 Å². The van der Waals surface area contributed by atoms with Crippen molar-refractivity contribution in [2.24, 2.45) is 18.4 Å². The summed E-state index contributed by atoms with van der Waals surface area (Å²) in [6.07, 6.45) is 3.53. The number of hydrogen-bond acceptors (Lipinski definition) is 4. The van der Waals surface area contributed by atoms with E-state index in [0.717, 1.165) is 36.4 Å². The van der Waals surface area contributed by atoms with Gasteiger partial charge in [0.25, 0.3) is 0 Å². The first-order valence-corrected chi connectivity index (χ1v) is 8.62. The summed E-state index contributed by atoms with van der Waals surface area (Å²) in [6, 6.07) is 0. The Morgan fingerprint density at radius 2 is 2.17 bits per heavy atom. The van der Waals surface area contributed by atoms with Gasteiger partial charge in [0, 0.05) is 37.1 Å². The van der Waals surface area contributed by atoms with Crippen LogP contribution in [0.4, 0.5) is 0 Å². The van der Waals surface area contributed by atoms with E-state index in [-0.39, 0.29) is 23.6 Å². The van der Waals surface area contributed by atoms with E-state index < -0.39 is 0 Å². The minimum absolute atomic E-state index is 0.00334. The van der Waals surface area contributed by atoms with E-state index in [1.54, 1.807) is 0 Å². The summed E-state index contributed by atoms with van der Waals surface area (Å²) < 4.78 is 13.6. The second-order valence-electron chi connectivity index (χ2n) is 7.60. The van der Waals surface area contributed by atoms with E-state index in [9.17, 15) is 4.79 Å². The molecule has 2 fully saturated rings. The maximum atomic E-state index is 12.3. The van der Waals surface area contributed by atoms with E-state index >= 15 is 0 Å². The van der Waals surface area contributed by atoms with Gasteiger partial charge in [0.15, 0.2) is 0 Å². The number of carbonyl (C=O) groups is 1. The Morgan fingerprint density at radius 3 is 2.83 bits per heavy atom. The molecule has 0 radical (unpaired) electrons. The number of esters is 1. The van der Waals surface area contributed by atoms with Crippen LogP contribution >= 0.6 is 0 Å². The highest BCUT2D eigenvalue weighted by Gasteiger charge is 2.60. The van der Waals surface area contributed by atoms with Gasteiger partial charge < -0.3 is 9.47 Å². The van der Waals surface area contributed by atoms with Gasteiger partial charge in [-0.25, -0.2) is 0 Å². The molecule has 1 aliphatic heterocycles. The zero-order valence-electron chi connectivity index (χ0n) is 14.9. The lowest BCUT2D eigenvalue weighted by atomic mass is 9.57. The van der Waals surface area contributed by atoms with Gasteiger partial charge in [0.05, 0.1) is 11.8 Å². The molecule has 3 rings (SSSR count). The lowest BCUT2D eigenvalue weighted by molar-refractivity contribution is -0.254. The summed E-state index contributed by atoms with van der Waals surface area (Å²) in [5.74, 6) is 0.277. The third-order valence-corrected chi connectivity index (χ3v) is 5.72. The Labute approximate surface area is 138 Å². The molecule has 0 aromatic carbocycles. The van der Waals surface area contributed by atoms with Gasteiger partial charge >= 0.3 is 5.97 Å². The van der Waals surface area contributed by atoms with E-state index in [0.29, 0.717) is 18.8 Å². The van der Waals surface area contributed by atoms with Crippen molar-refractivity contribution in [3.8, 4) is 0 Å². The quantitative estimate of drug-likeness (QED) is 0.801. The first-order valence-electron chi connectivity index (χ1n) is 8.62. The van der Waals surface area contributed by atoms with Crippen molar-refractivity contribution in [2.45, 2.75) is 65.6 Å². The fraction of sp³-hybridized carbons (Fsp3) is 0.778. The van der Waals surface area contributed by atoms with Crippen molar-refractivity contribution in [2.75, 3.05) is 6.61 Å². The Bertz CT molecular complexity index is 606. The van der Waals surface area contributed by atoms with Crippen LogP contribution in [-0.4, -0.2) is 34.6 Å². The number of carbonyl (C=O) groups excluding carboxylic acids is 1. The molecular weight excluding hydrogens is 292 g/mol. The minimum atomic E-state index is -0.102. The summed E-state index contributed by atoms with van der Waals surface area (Å²) in [5.41, 5.74) is 3.22. The Kier molecular flexibility index (Phi) is 4.25. The Hall–Kier alpha value is -1.36. The molecule has 2 aliphatic rings. The standard InChI is InChI=1S/C18H28N2O3/c1-11-13(12(2)20(5)19-11)8-9-15(21)23-17-14-7-6-10-22-16(14)18(17,3)4/h14,16-17H,6-10H2,1-5H3/t14-,16-,17-/m1/s1. The van der Waals surface area contributed by atoms with Crippen LogP contribution in [0.3, 0.4) is 0 Å². The van der Waals surface area contributed by atoms with Crippen molar-refractivity contribution in [3.63, 3.8) is 0 Å². The van der Waals surface area contributed by atoms with Gasteiger partial charge in [-0.05, 0) is 38.7 Å². The van der Waals surface area contributed by atoms with E-state index in [1.165, 1.54) is 0 Å². The number of rotatable bonds is 4. The molecule has 0 amide bonds. The van der Waals surface area contributed by atoms with Gasteiger partial charge in [-0.2, -0.15) is 5.10 Å². The van der Waals surface area contributed by atoms with Gasteiger partial charge in [-0.1, -0.05) is 13.8 Å². The lowest BCUT2D eigenvalue weighted by Gasteiger charge is -2.58. The largest absolute Gasteiger partial charge is 0.461 e. The Balaban J connectivity index is 1.57. The predicted molar refractivity (Wildman–Crippen MR) is 87.1 cm³/mol. The van der Waals surface area contributed by atoms with Gasteiger partial charge in [0.1, 0.15) is 6.10 Å². The molecule has 1 aromatic heterocycles. The SMILES string of the molecule is Cc1nn(C)c(C)c1CCC(=O)O[C@@H]1[C@@H]2CCCO[C@H]2C1(C)C. The van der Waals surface area contributed by atoms with E-state index in [1.807, 2.05) is 25.6 Å². The number of ether oxygens (including phenoxy) is 2. The fourth-order valence-electron chi connectivity index (χ4n) is 4.32. The van der Waals surface area contributed by atoms with Crippen molar-refractivity contribution >= 4 is 5.97 Å². The molecule has 3 atom stereocenters. The fourth-order valence-corrected chi connectivity index (χ4v) is 4.32. The molecule has 0 spiro atoms. The zero-order valence-corrected chi connectivity index (χ0v) is 14.9. The maximum absolute atomic E-state index is 12.3. The molecule has 1 aliphatic carbocycles. The summed E-state index contributed by atoms with van der Waals surface area (Å²) in [4.78, 5) is 12.3. The summed E-state index contributed by atoms with van der Waals surface area (Å²) in [6.45, 7) is 9.16. The van der Waals surface area contributed by atoms with Gasteiger partial charge in [-0.15, -0.1) is 0 Å². The van der Waals surface area contributed by atoms with Crippen LogP contribution in [0, 0.1) is 25.2 Å². The second-order valence-corrected chi connectivity index (χ2v) is 7.60. The third-order valence-electron chi connectivity index (χ3n) is 5.72. The highest BCUT2D eigenvalue weighted by atomic mass is 16.6. The minimum Gasteiger partial charge on any atom is -0.461 e. The molecule has 1 aromatic rings. The van der Waals surface area contributed by atoms with Crippen LogP contribution in [0.5, 0.6) is 0 Å². The van der Waals surface area contributed by atoms with Gasteiger partial charge in [-0.3, -0.25) is 9.48 Å². The molecule has 0 N–H and O–H groups in total. The second kappa shape index (κ2) is 5.93. The van der Waals surface area contributed by atoms with Crippen molar-refractivity contribution in [1.29, 1.82) is 0 Å². The lowest BCUT2D eigenvalue weighted by Crippen LogP contribution is -2.65. The van der Waals surface area contributed by atoms with Crippen LogP contribution < -0.4 is 0 Å². The van der Waals surface area contributed by atoms with E-state index in [4.69, 9.17) is 9.47 Å². The summed E-state index contributed by atoms with van der Waals surface area (Å²) in [5, 5.41) is 4.40. The topological polar surface area (TPSA) is 53.4 Å². The average Bonchev–Trinajstić information content (AvgIpc) is 2.76. The van der Waals surface area contributed by atoms with Crippen LogP contribution in [0.25, 0.3) is 0 Å². The highest BCUT2D eigenvalue weighted by Crippen LogP contribution is 2.53. The molecule has 1 saturated carbocycles. The zero-order chi connectivity index (χ0) is 16.8. The molecule has 128 valence electrons. The number of aromatic nitrogens is 2. The highest BCUT2D eigenvalue weighted by molar-refractivity contribution is 5.70. The third kappa shape index (κ3) is 2.80. The molecule has 0 unspecified atom stereocenters. The van der Waals surface area contributed by atoms with Crippen LogP contribution in [0.15, 0.2) is 0 Å². The summed E-state index contributed by atoms with van der Waals surface area (Å²) >= 11 is 0. The molecule has 1 saturated heterocycles. The number of nitrogens with zero attached hydrogens (tertiary/aromatic N) is 2. The molecule has 2 heterocycles. The summed E-state index contributed by atoms with van der Waals surface area (Å²) in [7, 11) is 1.93. The number of aryl methyl sites for hydroxylation is 2. The number of hydrogen-bond donors (Lipinski definition) is 0. The van der Waals surface area contributed by atoms with Gasteiger partial charge in [0.2, 0.25) is 0 Å². The predicted octanol–water partition coefficient (Wildman–Crippen LogP) is 2.72. The molecule has 23 heavy (non-hydrogen) atoms. The van der Waals surface area contributed by atoms with Crippen LogP contribution in [0.1, 0.15) is 50.1 Å². The first kappa shape index (κ1) is 16.5. The smallest absolute Gasteiger partial charge is 0.306 e. The molecular formula is C18H28N2O3.